The molecule has 78 valence electrons. The zero-order valence-electron chi connectivity index (χ0n) is 8.27. The number of carbonyl (C=O) groups is 2. The summed E-state index contributed by atoms with van der Waals surface area (Å²) in [6.45, 7) is 2.05. The Hall–Kier alpha value is -1.91. The van der Waals surface area contributed by atoms with Gasteiger partial charge in [0.15, 0.2) is 5.78 Å². The van der Waals surface area contributed by atoms with E-state index < -0.39 is 5.97 Å². The van der Waals surface area contributed by atoms with Gasteiger partial charge in [-0.3, -0.25) is 4.79 Å². The van der Waals surface area contributed by atoms with E-state index in [1.165, 1.54) is 17.0 Å². The Labute approximate surface area is 86.3 Å². The molecule has 1 aromatic rings. The van der Waals surface area contributed by atoms with E-state index in [0.717, 1.165) is 0 Å². The summed E-state index contributed by atoms with van der Waals surface area (Å²) in [6, 6.07) is 0. The van der Waals surface area contributed by atoms with Gasteiger partial charge in [-0.2, -0.15) is 5.10 Å². The van der Waals surface area contributed by atoms with E-state index >= 15 is 0 Å². The molecular formula is C10H10N2O3. The lowest BCUT2D eigenvalue weighted by molar-refractivity contribution is -0.114. The van der Waals surface area contributed by atoms with Crippen LogP contribution in [0, 0.1) is 0 Å². The van der Waals surface area contributed by atoms with Gasteiger partial charge >= 0.3 is 5.97 Å². The number of rotatable bonds is 2. The fraction of sp³-hybridized carbons (Fsp3) is 0.300. The van der Waals surface area contributed by atoms with Gasteiger partial charge in [0.05, 0.1) is 24.9 Å². The van der Waals surface area contributed by atoms with Crippen LogP contribution in [0.2, 0.25) is 0 Å². The summed E-state index contributed by atoms with van der Waals surface area (Å²) in [5.41, 5.74) is 0.968. The van der Waals surface area contributed by atoms with Gasteiger partial charge in [0, 0.05) is 6.20 Å². The molecule has 0 spiro atoms. The predicted octanol–water partition coefficient (Wildman–Crippen LogP) is 0.656. The van der Waals surface area contributed by atoms with Crippen LogP contribution in [0.25, 0.3) is 6.20 Å². The molecule has 0 saturated carbocycles. The molecule has 0 fully saturated rings. The average molecular weight is 206 g/mol. The van der Waals surface area contributed by atoms with Crippen molar-refractivity contribution >= 4 is 18.0 Å². The van der Waals surface area contributed by atoms with E-state index in [9.17, 15) is 9.59 Å². The molecule has 0 atom stereocenters. The van der Waals surface area contributed by atoms with Gasteiger partial charge in [-0.05, 0) is 13.0 Å². The van der Waals surface area contributed by atoms with Crippen molar-refractivity contribution in [3.8, 4) is 0 Å². The van der Waals surface area contributed by atoms with Crippen molar-refractivity contribution in [1.82, 2.24) is 9.78 Å². The number of nitrogens with zero attached hydrogens (tertiary/aromatic N) is 2. The smallest absolute Gasteiger partial charge is 0.341 e. The van der Waals surface area contributed by atoms with E-state index in [0.29, 0.717) is 17.9 Å². The summed E-state index contributed by atoms with van der Waals surface area (Å²) in [5, 5.41) is 3.97. The van der Waals surface area contributed by atoms with Crippen LogP contribution in [0.15, 0.2) is 12.3 Å². The van der Waals surface area contributed by atoms with E-state index in [1.807, 2.05) is 0 Å². The number of carbonyl (C=O) groups excluding carboxylic acids is 2. The van der Waals surface area contributed by atoms with Crippen LogP contribution in [0.3, 0.4) is 0 Å². The number of fused-ring (bicyclic) bond motifs is 1. The first kappa shape index (κ1) is 9.64. The lowest BCUT2D eigenvalue weighted by Gasteiger charge is -2.07. The van der Waals surface area contributed by atoms with Gasteiger partial charge in [0.2, 0.25) is 0 Å². The summed E-state index contributed by atoms with van der Waals surface area (Å²) in [4.78, 5) is 22.6. The third kappa shape index (κ3) is 1.68. The Morgan fingerprint density at radius 2 is 2.47 bits per heavy atom. The minimum atomic E-state index is -0.429. The quantitative estimate of drug-likeness (QED) is 0.667. The van der Waals surface area contributed by atoms with Crippen molar-refractivity contribution < 1.29 is 14.3 Å². The summed E-state index contributed by atoms with van der Waals surface area (Å²) < 4.78 is 6.38. The normalized spacial score (nSPS) is 13.8. The van der Waals surface area contributed by atoms with Crippen molar-refractivity contribution in [3.63, 3.8) is 0 Å². The zero-order chi connectivity index (χ0) is 10.8. The van der Waals surface area contributed by atoms with Crippen molar-refractivity contribution in [2.45, 2.75) is 13.3 Å². The Balaban J connectivity index is 2.35. The highest BCUT2D eigenvalue weighted by atomic mass is 16.5. The summed E-state index contributed by atoms with van der Waals surface area (Å²) >= 11 is 0. The van der Waals surface area contributed by atoms with E-state index in [4.69, 9.17) is 4.74 Å². The first-order valence-corrected chi connectivity index (χ1v) is 4.67. The topological polar surface area (TPSA) is 61.2 Å². The number of ether oxygens (including phenoxy) is 1. The van der Waals surface area contributed by atoms with Gasteiger partial charge in [0.1, 0.15) is 5.56 Å². The van der Waals surface area contributed by atoms with Crippen LogP contribution in [0.4, 0.5) is 0 Å². The summed E-state index contributed by atoms with van der Waals surface area (Å²) in [5.74, 6) is -0.463. The molecule has 0 N–H and O–H groups in total. The van der Waals surface area contributed by atoms with Crippen LogP contribution >= 0.6 is 0 Å². The molecule has 0 bridgehead atoms. The number of allylic oxidation sites excluding steroid dienone is 1. The lowest BCUT2D eigenvalue weighted by atomic mass is 10.1. The molecular weight excluding hydrogens is 196 g/mol. The fourth-order valence-corrected chi connectivity index (χ4v) is 1.45. The molecule has 5 heteroatoms. The van der Waals surface area contributed by atoms with Crippen LogP contribution in [0.5, 0.6) is 0 Å². The van der Waals surface area contributed by atoms with Crippen LogP contribution < -0.4 is 0 Å². The molecule has 1 aromatic heterocycles. The van der Waals surface area contributed by atoms with Crippen molar-refractivity contribution in [2.24, 2.45) is 0 Å². The highest BCUT2D eigenvalue weighted by molar-refractivity contribution is 5.98. The maximum absolute atomic E-state index is 11.5. The zero-order valence-corrected chi connectivity index (χ0v) is 8.27. The maximum atomic E-state index is 11.5. The predicted molar refractivity (Wildman–Crippen MR) is 52.2 cm³/mol. The molecule has 0 aromatic carbocycles. The van der Waals surface area contributed by atoms with Crippen molar-refractivity contribution in [1.29, 1.82) is 0 Å². The van der Waals surface area contributed by atoms with Gasteiger partial charge < -0.3 is 4.74 Å². The van der Waals surface area contributed by atoms with Gasteiger partial charge in [-0.25, -0.2) is 9.48 Å². The van der Waals surface area contributed by atoms with Crippen LogP contribution in [0.1, 0.15) is 23.0 Å². The maximum Gasteiger partial charge on any atom is 0.341 e. The molecule has 1 aliphatic rings. The monoisotopic (exact) mass is 206 g/mol. The largest absolute Gasteiger partial charge is 0.462 e. The molecule has 15 heavy (non-hydrogen) atoms. The number of hydrogen-bond acceptors (Lipinski definition) is 4. The molecule has 0 saturated heterocycles. The highest BCUT2D eigenvalue weighted by Crippen LogP contribution is 2.15. The van der Waals surface area contributed by atoms with Gasteiger partial charge in [-0.1, -0.05) is 0 Å². The first-order valence-electron chi connectivity index (χ1n) is 4.67. The highest BCUT2D eigenvalue weighted by Gasteiger charge is 2.21. The van der Waals surface area contributed by atoms with Crippen molar-refractivity contribution in [3.05, 3.63) is 23.5 Å². The first-order chi connectivity index (χ1) is 7.22. The SMILES string of the molecule is CCOC(=O)c1cnn2c1CC(=O)C=C2. The van der Waals surface area contributed by atoms with Crippen LogP contribution in [-0.2, 0) is 16.0 Å². The van der Waals surface area contributed by atoms with Crippen molar-refractivity contribution in [2.75, 3.05) is 6.61 Å². The molecule has 0 amide bonds. The molecule has 2 heterocycles. The fourth-order valence-electron chi connectivity index (χ4n) is 1.45. The molecule has 0 radical (unpaired) electrons. The molecule has 1 aliphatic heterocycles. The Morgan fingerprint density at radius 3 is 3.20 bits per heavy atom. The van der Waals surface area contributed by atoms with E-state index in [-0.39, 0.29) is 12.2 Å². The Morgan fingerprint density at radius 1 is 1.67 bits per heavy atom. The van der Waals surface area contributed by atoms with Crippen LogP contribution in [-0.4, -0.2) is 28.1 Å². The Kier molecular flexibility index (Phi) is 2.37. The van der Waals surface area contributed by atoms with Gasteiger partial charge in [-0.15, -0.1) is 0 Å². The minimum absolute atomic E-state index is 0.0338. The third-order valence-corrected chi connectivity index (χ3v) is 2.14. The number of esters is 1. The second-order valence-electron chi connectivity index (χ2n) is 3.13. The van der Waals surface area contributed by atoms with E-state index in [1.54, 1.807) is 13.1 Å². The summed E-state index contributed by atoms with van der Waals surface area (Å²) in [7, 11) is 0. The number of ketones is 1. The Bertz CT molecular complexity index is 446. The number of hydrogen-bond donors (Lipinski definition) is 0. The van der Waals surface area contributed by atoms with E-state index in [2.05, 4.69) is 5.10 Å². The average Bonchev–Trinajstić information content (AvgIpc) is 2.60. The summed E-state index contributed by atoms with van der Waals surface area (Å²) in [6.07, 6.45) is 4.61. The second-order valence-corrected chi connectivity index (χ2v) is 3.13. The standard InChI is InChI=1S/C10H10N2O3/c1-2-15-10(14)8-6-11-12-4-3-7(13)5-9(8)12/h3-4,6H,2,5H2,1H3. The molecule has 0 unspecified atom stereocenters. The number of aromatic nitrogens is 2. The molecule has 0 aliphatic carbocycles. The second kappa shape index (κ2) is 3.68. The van der Waals surface area contributed by atoms with Gasteiger partial charge in [0.25, 0.3) is 0 Å². The minimum Gasteiger partial charge on any atom is -0.462 e. The third-order valence-electron chi connectivity index (χ3n) is 2.14. The lowest BCUT2D eigenvalue weighted by Crippen LogP contribution is -2.14. The molecule has 2 rings (SSSR count). The molecule has 5 nitrogen and oxygen atoms in total.